The fraction of sp³-hybridized carbons (Fsp3) is 0.226. The van der Waals surface area contributed by atoms with E-state index in [0.717, 1.165) is 6.42 Å². The van der Waals surface area contributed by atoms with Crippen LogP contribution in [0.15, 0.2) is 121 Å². The molecule has 33 heavy (non-hydrogen) atoms. The van der Waals surface area contributed by atoms with Gasteiger partial charge in [-0.05, 0) is 48.7 Å². The van der Waals surface area contributed by atoms with E-state index < -0.39 is 0 Å². The maximum absolute atomic E-state index is 3.19. The van der Waals surface area contributed by atoms with Crippen molar-refractivity contribution in [2.24, 2.45) is 0 Å². The van der Waals surface area contributed by atoms with Crippen LogP contribution in [0.5, 0.6) is 0 Å². The quantitative estimate of drug-likeness (QED) is 0.155. The lowest BCUT2D eigenvalue weighted by Gasteiger charge is -2.31. The summed E-state index contributed by atoms with van der Waals surface area (Å²) in [5.74, 6) is 0. The molecule has 0 heterocycles. The Morgan fingerprint density at radius 2 is 0.879 bits per heavy atom. The first-order valence-corrected chi connectivity index (χ1v) is 14.2. The summed E-state index contributed by atoms with van der Waals surface area (Å²) in [6, 6.07) is 44.1. The summed E-state index contributed by atoms with van der Waals surface area (Å²) in [5, 5.41) is 2.98. The zero-order valence-electron chi connectivity index (χ0n) is 19.3. The van der Waals surface area contributed by atoms with Crippen LogP contribution in [0.3, 0.4) is 0 Å². The monoisotopic (exact) mass is 468 g/mol. The van der Waals surface area contributed by atoms with Crippen molar-refractivity contribution in [1.29, 1.82) is 0 Å². The summed E-state index contributed by atoms with van der Waals surface area (Å²) in [5.41, 5.74) is 2.77. The molecule has 4 aromatic carbocycles. The van der Waals surface area contributed by atoms with Crippen molar-refractivity contribution in [2.45, 2.75) is 37.3 Å². The smallest absolute Gasteiger partial charge is 0.0344 e. The lowest BCUT2D eigenvalue weighted by atomic mass is 9.85. The van der Waals surface area contributed by atoms with Gasteiger partial charge >= 0.3 is 0 Å². The molecule has 0 radical (unpaired) electrons. The van der Waals surface area contributed by atoms with Crippen molar-refractivity contribution in [3.63, 3.8) is 0 Å². The van der Waals surface area contributed by atoms with Gasteiger partial charge in [0.1, 0.15) is 0 Å². The van der Waals surface area contributed by atoms with E-state index in [1.807, 2.05) is 0 Å². The second-order valence-corrected chi connectivity index (χ2v) is 12.0. The Morgan fingerprint density at radius 1 is 0.485 bits per heavy atom. The summed E-state index contributed by atoms with van der Waals surface area (Å²) in [4.78, 5) is 0. The fourth-order valence-electron chi connectivity index (χ4n) is 4.58. The van der Waals surface area contributed by atoms with Crippen LogP contribution in [0.4, 0.5) is 0 Å². The Labute approximate surface area is 203 Å². The Balaban J connectivity index is 1.35. The van der Waals surface area contributed by atoms with Crippen molar-refractivity contribution in [3.05, 3.63) is 132 Å². The summed E-state index contributed by atoms with van der Waals surface area (Å²) in [6.07, 6.45) is 7.52. The van der Waals surface area contributed by atoms with Crippen molar-refractivity contribution >= 4 is 27.8 Å². The van der Waals surface area contributed by atoms with Crippen molar-refractivity contribution in [2.75, 3.05) is 6.16 Å². The van der Waals surface area contributed by atoms with Gasteiger partial charge in [0.05, 0.1) is 0 Å². The van der Waals surface area contributed by atoms with E-state index >= 15 is 0 Å². The minimum absolute atomic E-state index is 0.0107. The summed E-state index contributed by atoms with van der Waals surface area (Å²) in [7, 11) is 2.92. The fourth-order valence-corrected chi connectivity index (χ4v) is 7.58. The van der Waals surface area contributed by atoms with Crippen LogP contribution in [0.1, 0.15) is 43.2 Å². The van der Waals surface area contributed by atoms with E-state index in [9.17, 15) is 0 Å². The van der Waals surface area contributed by atoms with Crippen molar-refractivity contribution in [1.82, 2.24) is 0 Å². The number of hydrogen-bond donors (Lipinski definition) is 0. The molecule has 0 saturated heterocycles. The molecule has 4 rings (SSSR count). The molecule has 4 aromatic rings. The minimum Gasteiger partial charge on any atom is -0.122 e. The molecular formula is C31H34P2. The second kappa shape index (κ2) is 12.3. The third kappa shape index (κ3) is 6.41. The van der Waals surface area contributed by atoms with Gasteiger partial charge in [0.15, 0.2) is 0 Å². The Hall–Kier alpha value is -2.26. The molecule has 1 unspecified atom stereocenters. The Bertz CT molecular complexity index is 984. The molecule has 0 aromatic heterocycles. The van der Waals surface area contributed by atoms with Gasteiger partial charge in [0, 0.05) is 5.16 Å². The van der Waals surface area contributed by atoms with Crippen molar-refractivity contribution < 1.29 is 0 Å². The van der Waals surface area contributed by atoms with Gasteiger partial charge in [-0.2, -0.15) is 0 Å². The first-order chi connectivity index (χ1) is 16.3. The molecule has 1 atom stereocenters. The van der Waals surface area contributed by atoms with Gasteiger partial charge < -0.3 is 0 Å². The van der Waals surface area contributed by atoms with Crippen LogP contribution in [0.2, 0.25) is 0 Å². The van der Waals surface area contributed by atoms with Crippen LogP contribution < -0.4 is 10.6 Å². The van der Waals surface area contributed by atoms with Gasteiger partial charge in [0.2, 0.25) is 0 Å². The molecule has 0 aliphatic heterocycles. The summed E-state index contributed by atoms with van der Waals surface area (Å²) < 4.78 is 0. The topological polar surface area (TPSA) is 0 Å². The molecule has 0 bridgehead atoms. The van der Waals surface area contributed by atoms with Crippen LogP contribution in [0, 0.1) is 0 Å². The lowest BCUT2D eigenvalue weighted by Crippen LogP contribution is -2.19. The van der Waals surface area contributed by atoms with Crippen LogP contribution in [-0.4, -0.2) is 6.16 Å². The van der Waals surface area contributed by atoms with E-state index in [-0.39, 0.29) is 13.1 Å². The first-order valence-electron chi connectivity index (χ1n) is 12.0. The Kier molecular flexibility index (Phi) is 8.88. The van der Waals surface area contributed by atoms with Crippen LogP contribution in [-0.2, 0) is 5.16 Å². The Morgan fingerprint density at radius 3 is 1.33 bits per heavy atom. The predicted molar refractivity (Wildman–Crippen MR) is 150 cm³/mol. The molecular weight excluding hydrogens is 434 g/mol. The third-order valence-corrected chi connectivity index (χ3v) is 9.98. The first kappa shape index (κ1) is 23.9. The van der Waals surface area contributed by atoms with Crippen LogP contribution >= 0.6 is 17.2 Å². The van der Waals surface area contributed by atoms with Crippen LogP contribution in [0.25, 0.3) is 0 Å². The maximum Gasteiger partial charge on any atom is 0.0344 e. The van der Waals surface area contributed by atoms with Gasteiger partial charge in [0.25, 0.3) is 0 Å². The molecule has 0 fully saturated rings. The molecule has 0 aliphatic carbocycles. The van der Waals surface area contributed by atoms with E-state index in [4.69, 9.17) is 0 Å². The third-order valence-electron chi connectivity index (χ3n) is 6.42. The minimum atomic E-state index is -0.271. The number of unbranched alkanes of at least 4 members (excludes halogenated alkanes) is 3. The lowest BCUT2D eigenvalue weighted by molar-refractivity contribution is 0.569. The maximum atomic E-state index is 3.19. The zero-order chi connectivity index (χ0) is 22.8. The predicted octanol–water partition coefficient (Wildman–Crippen LogP) is 7.89. The number of rotatable bonds is 11. The molecule has 2 heteroatoms. The normalized spacial score (nSPS) is 11.6. The highest BCUT2D eigenvalue weighted by atomic mass is 31.1. The van der Waals surface area contributed by atoms with Gasteiger partial charge in [-0.25, -0.2) is 0 Å². The van der Waals surface area contributed by atoms with E-state index in [0.29, 0.717) is 0 Å². The molecule has 0 amide bonds. The molecule has 168 valence electrons. The number of benzene rings is 4. The summed E-state index contributed by atoms with van der Waals surface area (Å²) >= 11 is 0. The largest absolute Gasteiger partial charge is 0.122 e. The molecule has 0 aliphatic rings. The van der Waals surface area contributed by atoms with Crippen molar-refractivity contribution in [3.8, 4) is 0 Å². The highest BCUT2D eigenvalue weighted by molar-refractivity contribution is 7.73. The van der Waals surface area contributed by atoms with E-state index in [1.165, 1.54) is 53.6 Å². The van der Waals surface area contributed by atoms with Gasteiger partial charge in [-0.3, -0.25) is 0 Å². The van der Waals surface area contributed by atoms with E-state index in [2.05, 4.69) is 131 Å². The molecule has 0 spiro atoms. The van der Waals surface area contributed by atoms with E-state index in [1.54, 1.807) is 0 Å². The number of hydrogen-bond acceptors (Lipinski definition) is 0. The highest BCUT2D eigenvalue weighted by Crippen LogP contribution is 2.43. The molecule has 0 nitrogen and oxygen atoms in total. The standard InChI is InChI=1S/C31H34P2/c32-31(27-17-7-3-8-18-27,28-19-9-4-10-20-28)25-15-1-2-16-26-33(29-21-11-5-12-22-29)30-23-13-6-14-24-30/h3-14,17-24H,1-2,15-16,25-26,32H2. The zero-order valence-corrected chi connectivity index (χ0v) is 21.4. The average molecular weight is 469 g/mol. The highest BCUT2D eigenvalue weighted by Gasteiger charge is 2.28. The second-order valence-electron chi connectivity index (χ2n) is 8.69. The average Bonchev–Trinajstić information content (AvgIpc) is 2.90. The summed E-state index contributed by atoms with van der Waals surface area (Å²) in [6.45, 7) is 0. The molecule has 0 N–H and O–H groups in total. The SMILES string of the molecule is PC(CCCCCCP(c1ccccc1)c1ccccc1)(c1ccccc1)c1ccccc1. The van der Waals surface area contributed by atoms with Gasteiger partial charge in [-0.1, -0.05) is 141 Å². The van der Waals surface area contributed by atoms with Gasteiger partial charge in [-0.15, -0.1) is 9.24 Å². The molecule has 0 saturated carbocycles.